The molecule has 2 aromatic rings. The second-order valence-electron chi connectivity index (χ2n) is 6.34. The number of ether oxygens (including phenoxy) is 2. The van der Waals surface area contributed by atoms with E-state index in [1.165, 1.54) is 0 Å². The summed E-state index contributed by atoms with van der Waals surface area (Å²) in [7, 11) is -1.14. The first kappa shape index (κ1) is 10.2. The van der Waals surface area contributed by atoms with E-state index < -0.39 is 21.1 Å². The van der Waals surface area contributed by atoms with Crippen molar-refractivity contribution in [3.05, 3.63) is 18.3 Å². The summed E-state index contributed by atoms with van der Waals surface area (Å²) < 4.78 is 43.7. The molecule has 0 atom stereocenters. The molecule has 0 unspecified atom stereocenters. The summed E-state index contributed by atoms with van der Waals surface area (Å²) in [6.07, 6.45) is 1.85. The van der Waals surface area contributed by atoms with Gasteiger partial charge in [-0.1, -0.05) is 19.6 Å². The lowest BCUT2D eigenvalue weighted by atomic mass is 10.3. The van der Waals surface area contributed by atoms with E-state index in [4.69, 9.17) is 15.0 Å². The zero-order valence-corrected chi connectivity index (χ0v) is 13.6. The van der Waals surface area contributed by atoms with Gasteiger partial charge in [-0.15, -0.1) is 0 Å². The van der Waals surface area contributed by atoms with Gasteiger partial charge in [-0.25, -0.2) is 0 Å². The molecule has 5 nitrogen and oxygen atoms in total. The third-order valence-corrected chi connectivity index (χ3v) is 5.03. The molecule has 3 heterocycles. The molecular weight excluding hydrogens is 282 g/mol. The average Bonchev–Trinajstić information content (AvgIpc) is 2.83. The molecule has 114 valence electrons. The highest BCUT2D eigenvalue weighted by atomic mass is 28.3. The number of aromatic nitrogens is 2. The van der Waals surface area contributed by atoms with E-state index in [0.717, 1.165) is 11.4 Å². The van der Waals surface area contributed by atoms with Gasteiger partial charge >= 0.3 is 0 Å². The summed E-state index contributed by atoms with van der Waals surface area (Å²) in [6, 6.07) is 4.66. The summed E-state index contributed by atoms with van der Waals surface area (Å²) >= 11 is 0. The van der Waals surface area contributed by atoms with Gasteiger partial charge in [0.05, 0.1) is 11.2 Å². The molecule has 0 saturated heterocycles. The van der Waals surface area contributed by atoms with Gasteiger partial charge in [-0.05, 0) is 18.2 Å². The monoisotopic (exact) mass is 309 g/mol. The van der Waals surface area contributed by atoms with Gasteiger partial charge in [0, 0.05) is 32.8 Å². The number of nitrogens with one attached hydrogen (secondary N) is 1. The van der Waals surface area contributed by atoms with Crippen molar-refractivity contribution in [3.63, 3.8) is 0 Å². The molecule has 1 N–H and O–H groups in total. The van der Waals surface area contributed by atoms with Crippen LogP contribution < -0.4 is 10.1 Å². The van der Waals surface area contributed by atoms with Gasteiger partial charge in [0.15, 0.2) is 0 Å². The maximum atomic E-state index is 7.74. The van der Waals surface area contributed by atoms with Gasteiger partial charge in [-0.3, -0.25) is 0 Å². The second-order valence-corrected chi connectivity index (χ2v) is 12.0. The first-order valence-electron chi connectivity index (χ1n) is 9.03. The largest absolute Gasteiger partial charge is 0.474 e. The van der Waals surface area contributed by atoms with E-state index in [1.54, 1.807) is 6.07 Å². The minimum absolute atomic E-state index is 0.0506. The molecule has 3 rings (SSSR count). The molecule has 0 saturated carbocycles. The highest BCUT2D eigenvalue weighted by molar-refractivity contribution is 6.76. The summed E-state index contributed by atoms with van der Waals surface area (Å²) in [6.45, 7) is 3.11. The van der Waals surface area contributed by atoms with Crippen molar-refractivity contribution in [2.45, 2.75) is 32.4 Å². The normalized spacial score (nSPS) is 22.2. The van der Waals surface area contributed by atoms with Crippen molar-refractivity contribution in [3.8, 4) is 5.88 Å². The van der Waals surface area contributed by atoms with Crippen LogP contribution in [-0.2, 0) is 11.5 Å². The highest BCUT2D eigenvalue weighted by Gasteiger charge is 2.15. The highest BCUT2D eigenvalue weighted by Crippen LogP contribution is 2.29. The van der Waals surface area contributed by atoms with E-state index in [2.05, 4.69) is 29.9 Å². The molecule has 0 bridgehead atoms. The Hall–Kier alpha value is -1.53. The van der Waals surface area contributed by atoms with Gasteiger partial charge < -0.3 is 19.4 Å². The van der Waals surface area contributed by atoms with Crippen molar-refractivity contribution >= 4 is 24.8 Å². The SMILES string of the molecule is [2H]C1([2H])Nc2cc3ccn(COCC[Si](C)(C)C)c3nc2OC1([2H])[2H]. The number of anilines is 1. The van der Waals surface area contributed by atoms with E-state index in [1.807, 2.05) is 16.8 Å². The van der Waals surface area contributed by atoms with Crippen LogP contribution in [0, 0.1) is 0 Å². The van der Waals surface area contributed by atoms with E-state index in [-0.39, 0.29) is 5.88 Å². The molecular formula is C15H23N3O2Si. The number of fused-ring (bicyclic) bond motifs is 2. The molecule has 1 aliphatic heterocycles. The second kappa shape index (κ2) is 5.69. The lowest BCUT2D eigenvalue weighted by Gasteiger charge is -2.18. The summed E-state index contributed by atoms with van der Waals surface area (Å²) in [5, 5.41) is 3.34. The number of nitrogens with zero attached hydrogens (tertiary/aromatic N) is 2. The smallest absolute Gasteiger partial charge is 0.239 e. The number of hydrogen-bond donors (Lipinski definition) is 1. The minimum Gasteiger partial charge on any atom is -0.474 e. The van der Waals surface area contributed by atoms with Crippen LogP contribution in [0.5, 0.6) is 5.88 Å². The maximum Gasteiger partial charge on any atom is 0.239 e. The Morgan fingerprint density at radius 3 is 3.19 bits per heavy atom. The van der Waals surface area contributed by atoms with E-state index in [0.29, 0.717) is 24.7 Å². The predicted octanol–water partition coefficient (Wildman–Crippen LogP) is 3.15. The molecule has 0 radical (unpaired) electrons. The van der Waals surface area contributed by atoms with Crippen LogP contribution in [0.4, 0.5) is 5.69 Å². The molecule has 1 aliphatic rings. The molecule has 21 heavy (non-hydrogen) atoms. The number of pyridine rings is 1. The topological polar surface area (TPSA) is 48.3 Å². The third-order valence-electron chi connectivity index (χ3n) is 3.32. The lowest BCUT2D eigenvalue weighted by Crippen LogP contribution is -2.22. The Bertz CT molecular complexity index is 789. The Labute approximate surface area is 131 Å². The number of hydrogen-bond acceptors (Lipinski definition) is 4. The Morgan fingerprint density at radius 2 is 2.38 bits per heavy atom. The first-order valence-corrected chi connectivity index (χ1v) is 10.7. The Kier molecular flexibility index (Phi) is 2.77. The molecule has 0 aromatic carbocycles. The summed E-state index contributed by atoms with van der Waals surface area (Å²) in [5.74, 6) is 0.0506. The van der Waals surface area contributed by atoms with Crippen molar-refractivity contribution < 1.29 is 15.0 Å². The standard InChI is InChI=1S/C15H23N3O2Si/c1-21(2,3)9-8-19-11-18-6-4-12-10-13-15(17-14(12)18)20-7-5-16-13/h4,6,10,16H,5,7-9,11H2,1-3H3/i5D2,7D2. The predicted molar refractivity (Wildman–Crippen MR) is 87.8 cm³/mol. The van der Waals surface area contributed by atoms with Crippen LogP contribution in [0.2, 0.25) is 25.7 Å². The van der Waals surface area contributed by atoms with Crippen molar-refractivity contribution in [1.82, 2.24) is 9.55 Å². The average molecular weight is 309 g/mol. The van der Waals surface area contributed by atoms with Crippen LogP contribution in [0.1, 0.15) is 5.48 Å². The zero-order valence-electron chi connectivity index (χ0n) is 16.6. The molecule has 2 aromatic heterocycles. The minimum atomic E-state index is -2.51. The van der Waals surface area contributed by atoms with Crippen molar-refractivity contribution in [2.75, 3.05) is 25.0 Å². The first-order chi connectivity index (χ1) is 11.5. The van der Waals surface area contributed by atoms with Gasteiger partial charge in [0.25, 0.3) is 0 Å². The van der Waals surface area contributed by atoms with Crippen molar-refractivity contribution in [1.29, 1.82) is 0 Å². The third kappa shape index (κ3) is 3.38. The van der Waals surface area contributed by atoms with Gasteiger partial charge in [-0.2, -0.15) is 4.98 Å². The molecule has 6 heteroatoms. The Balaban J connectivity index is 1.81. The molecule has 0 fully saturated rings. The van der Waals surface area contributed by atoms with Crippen LogP contribution in [0.25, 0.3) is 11.0 Å². The van der Waals surface area contributed by atoms with Crippen LogP contribution in [-0.4, -0.2) is 37.3 Å². The molecule has 0 amide bonds. The lowest BCUT2D eigenvalue weighted by molar-refractivity contribution is 0.0898. The number of rotatable bonds is 5. The zero-order chi connectivity index (χ0) is 18.5. The summed E-state index contributed by atoms with van der Waals surface area (Å²) in [5.41, 5.74) is 0.955. The fourth-order valence-electron chi connectivity index (χ4n) is 2.08. The summed E-state index contributed by atoms with van der Waals surface area (Å²) in [4.78, 5) is 4.36. The quantitative estimate of drug-likeness (QED) is 0.681. The van der Waals surface area contributed by atoms with Crippen molar-refractivity contribution in [2.24, 2.45) is 0 Å². The van der Waals surface area contributed by atoms with Gasteiger partial charge in [0.1, 0.15) is 18.9 Å². The van der Waals surface area contributed by atoms with E-state index >= 15 is 0 Å². The molecule has 0 spiro atoms. The Morgan fingerprint density at radius 1 is 1.52 bits per heavy atom. The fraction of sp³-hybridized carbons (Fsp3) is 0.533. The van der Waals surface area contributed by atoms with E-state index in [9.17, 15) is 0 Å². The fourth-order valence-corrected chi connectivity index (χ4v) is 2.83. The molecule has 0 aliphatic carbocycles. The maximum absolute atomic E-state index is 7.74. The van der Waals surface area contributed by atoms with Crippen LogP contribution in [0.3, 0.4) is 0 Å². The van der Waals surface area contributed by atoms with Crippen LogP contribution >= 0.6 is 0 Å². The van der Waals surface area contributed by atoms with Gasteiger partial charge in [0.2, 0.25) is 5.88 Å². The van der Waals surface area contributed by atoms with Crippen LogP contribution in [0.15, 0.2) is 18.3 Å².